The summed E-state index contributed by atoms with van der Waals surface area (Å²) in [6.07, 6.45) is 1.33. The Balaban J connectivity index is 1.25. The fraction of sp³-hybridized carbons (Fsp3) is 0.241. The molecule has 1 saturated heterocycles. The molecule has 196 valence electrons. The largest absolute Gasteiger partial charge is 0.416 e. The standard InChI is InChI=1S/C29H28F3N5O/c1-21-5-4-6-25(27(21)22-7-9-23(10-8-22)29(30,31)32)28(38)34-24-11-12-26(33-19-24)37-17-15-36(16-18-37)20-35-13-2-3-14-35/h2-14,19H,15-18,20H2,1H3,(H,34,38). The Kier molecular flexibility index (Phi) is 7.20. The van der Waals surface area contributed by atoms with Crippen LogP contribution >= 0.6 is 0 Å². The van der Waals surface area contributed by atoms with Gasteiger partial charge in [0.05, 0.1) is 24.1 Å². The third kappa shape index (κ3) is 5.73. The maximum absolute atomic E-state index is 13.2. The molecular weight excluding hydrogens is 491 g/mol. The molecule has 6 nitrogen and oxygen atoms in total. The van der Waals surface area contributed by atoms with Gasteiger partial charge < -0.3 is 14.8 Å². The lowest BCUT2D eigenvalue weighted by Gasteiger charge is -2.35. The van der Waals surface area contributed by atoms with Crippen molar-refractivity contribution in [3.05, 3.63) is 102 Å². The number of nitrogens with one attached hydrogen (secondary N) is 1. The fourth-order valence-corrected chi connectivity index (χ4v) is 4.73. The predicted molar refractivity (Wildman–Crippen MR) is 142 cm³/mol. The number of anilines is 2. The number of aromatic nitrogens is 2. The van der Waals surface area contributed by atoms with E-state index in [1.807, 2.05) is 37.3 Å². The van der Waals surface area contributed by atoms with Gasteiger partial charge in [-0.05, 0) is 66.1 Å². The van der Waals surface area contributed by atoms with Crippen molar-refractivity contribution in [2.75, 3.05) is 36.4 Å². The summed E-state index contributed by atoms with van der Waals surface area (Å²) in [7, 11) is 0. The van der Waals surface area contributed by atoms with Crippen LogP contribution < -0.4 is 10.2 Å². The number of hydrogen-bond acceptors (Lipinski definition) is 4. The van der Waals surface area contributed by atoms with E-state index in [9.17, 15) is 18.0 Å². The Morgan fingerprint density at radius 1 is 0.921 bits per heavy atom. The third-order valence-electron chi connectivity index (χ3n) is 6.75. The molecule has 1 aliphatic heterocycles. The average molecular weight is 520 g/mol. The van der Waals surface area contributed by atoms with E-state index < -0.39 is 11.7 Å². The molecule has 0 aliphatic carbocycles. The second kappa shape index (κ2) is 10.7. The first-order valence-corrected chi connectivity index (χ1v) is 12.4. The summed E-state index contributed by atoms with van der Waals surface area (Å²) in [5.74, 6) is 0.501. The van der Waals surface area contributed by atoms with Crippen LogP contribution in [0.3, 0.4) is 0 Å². The van der Waals surface area contributed by atoms with Crippen LogP contribution in [0.4, 0.5) is 24.7 Å². The minimum atomic E-state index is -4.42. The van der Waals surface area contributed by atoms with E-state index in [0.29, 0.717) is 22.4 Å². The Morgan fingerprint density at radius 2 is 1.63 bits per heavy atom. The minimum Gasteiger partial charge on any atom is -0.354 e. The number of benzene rings is 2. The summed E-state index contributed by atoms with van der Waals surface area (Å²) in [6, 6.07) is 17.9. The number of alkyl halides is 3. The monoisotopic (exact) mass is 519 g/mol. The first kappa shape index (κ1) is 25.5. The lowest BCUT2D eigenvalue weighted by molar-refractivity contribution is -0.137. The number of rotatable bonds is 6. The molecule has 1 aliphatic rings. The summed E-state index contributed by atoms with van der Waals surface area (Å²) in [6.45, 7) is 6.28. The molecular formula is C29H28F3N5O. The van der Waals surface area contributed by atoms with Gasteiger partial charge in [-0.3, -0.25) is 9.69 Å². The predicted octanol–water partition coefficient (Wildman–Crippen LogP) is 5.91. The van der Waals surface area contributed by atoms with Crippen LogP contribution in [0.25, 0.3) is 11.1 Å². The zero-order chi connectivity index (χ0) is 26.7. The Bertz CT molecular complexity index is 1380. The van der Waals surface area contributed by atoms with Gasteiger partial charge in [-0.1, -0.05) is 24.3 Å². The van der Waals surface area contributed by atoms with Gasteiger partial charge in [-0.25, -0.2) is 4.98 Å². The second-order valence-electron chi connectivity index (χ2n) is 9.38. The van der Waals surface area contributed by atoms with Crippen LogP contribution in [0.5, 0.6) is 0 Å². The molecule has 1 N–H and O–H groups in total. The van der Waals surface area contributed by atoms with E-state index in [-0.39, 0.29) is 5.91 Å². The molecule has 1 amide bonds. The highest BCUT2D eigenvalue weighted by molar-refractivity contribution is 6.09. The van der Waals surface area contributed by atoms with E-state index >= 15 is 0 Å². The molecule has 0 saturated carbocycles. The zero-order valence-electron chi connectivity index (χ0n) is 20.9. The van der Waals surface area contributed by atoms with Crippen molar-refractivity contribution < 1.29 is 18.0 Å². The third-order valence-corrected chi connectivity index (χ3v) is 6.75. The Labute approximate surface area is 219 Å². The van der Waals surface area contributed by atoms with Crippen molar-refractivity contribution in [1.29, 1.82) is 0 Å². The van der Waals surface area contributed by atoms with E-state index in [1.165, 1.54) is 12.1 Å². The first-order valence-electron chi connectivity index (χ1n) is 12.4. The van der Waals surface area contributed by atoms with Crippen LogP contribution in [0.1, 0.15) is 21.5 Å². The molecule has 1 fully saturated rings. The van der Waals surface area contributed by atoms with Crippen molar-refractivity contribution in [2.45, 2.75) is 19.8 Å². The average Bonchev–Trinajstić information content (AvgIpc) is 3.42. The lowest BCUT2D eigenvalue weighted by atomic mass is 9.94. The van der Waals surface area contributed by atoms with Gasteiger partial charge in [0.1, 0.15) is 5.82 Å². The number of nitrogens with zero attached hydrogens (tertiary/aromatic N) is 4. The molecule has 5 rings (SSSR count). The van der Waals surface area contributed by atoms with Crippen molar-refractivity contribution in [2.24, 2.45) is 0 Å². The quantitative estimate of drug-likeness (QED) is 0.344. The van der Waals surface area contributed by atoms with Gasteiger partial charge in [0.25, 0.3) is 5.91 Å². The Morgan fingerprint density at radius 3 is 2.26 bits per heavy atom. The molecule has 0 atom stereocenters. The summed E-state index contributed by atoms with van der Waals surface area (Å²) >= 11 is 0. The van der Waals surface area contributed by atoms with Crippen LogP contribution in [0, 0.1) is 6.92 Å². The van der Waals surface area contributed by atoms with Gasteiger partial charge in [0.15, 0.2) is 0 Å². The van der Waals surface area contributed by atoms with Crippen LogP contribution in [0.15, 0.2) is 85.3 Å². The van der Waals surface area contributed by atoms with Crippen molar-refractivity contribution in [3.8, 4) is 11.1 Å². The normalized spacial score (nSPS) is 14.5. The number of hydrogen-bond donors (Lipinski definition) is 1. The zero-order valence-corrected chi connectivity index (χ0v) is 20.9. The van der Waals surface area contributed by atoms with Crippen molar-refractivity contribution in [3.63, 3.8) is 0 Å². The summed E-state index contributed by atoms with van der Waals surface area (Å²) in [5, 5.41) is 2.88. The number of carbonyl (C=O) groups excluding carboxylic acids is 1. The highest BCUT2D eigenvalue weighted by Gasteiger charge is 2.30. The maximum Gasteiger partial charge on any atom is 0.416 e. The van der Waals surface area contributed by atoms with Gasteiger partial charge >= 0.3 is 6.18 Å². The van der Waals surface area contributed by atoms with E-state index in [2.05, 4.69) is 37.1 Å². The maximum atomic E-state index is 13.2. The smallest absolute Gasteiger partial charge is 0.354 e. The number of piperazine rings is 1. The lowest BCUT2D eigenvalue weighted by Crippen LogP contribution is -2.46. The summed E-state index contributed by atoms with van der Waals surface area (Å²) < 4.78 is 41.2. The van der Waals surface area contributed by atoms with Crippen LogP contribution in [-0.4, -0.2) is 46.5 Å². The summed E-state index contributed by atoms with van der Waals surface area (Å²) in [4.78, 5) is 22.4. The van der Waals surface area contributed by atoms with Gasteiger partial charge in [0, 0.05) is 44.1 Å². The molecule has 9 heteroatoms. The molecule has 0 unspecified atom stereocenters. The van der Waals surface area contributed by atoms with Crippen molar-refractivity contribution in [1.82, 2.24) is 14.5 Å². The van der Waals surface area contributed by atoms with Gasteiger partial charge in [-0.2, -0.15) is 13.2 Å². The molecule has 2 aromatic heterocycles. The number of amides is 1. The number of pyridine rings is 1. The molecule has 0 bridgehead atoms. The van der Waals surface area contributed by atoms with E-state index in [0.717, 1.165) is 56.4 Å². The minimum absolute atomic E-state index is 0.350. The van der Waals surface area contributed by atoms with Crippen LogP contribution in [-0.2, 0) is 12.8 Å². The second-order valence-corrected chi connectivity index (χ2v) is 9.38. The van der Waals surface area contributed by atoms with E-state index in [1.54, 1.807) is 18.3 Å². The molecule has 0 spiro atoms. The Hall–Kier alpha value is -4.11. The van der Waals surface area contributed by atoms with Gasteiger partial charge in [-0.15, -0.1) is 0 Å². The van der Waals surface area contributed by atoms with Gasteiger partial charge in [0.2, 0.25) is 0 Å². The molecule has 0 radical (unpaired) electrons. The fourth-order valence-electron chi connectivity index (χ4n) is 4.73. The molecule has 2 aromatic carbocycles. The van der Waals surface area contributed by atoms with E-state index in [4.69, 9.17) is 0 Å². The topological polar surface area (TPSA) is 53.4 Å². The summed E-state index contributed by atoms with van der Waals surface area (Å²) in [5.41, 5.74) is 2.14. The number of aryl methyl sites for hydroxylation is 1. The SMILES string of the molecule is Cc1cccc(C(=O)Nc2ccc(N3CCN(Cn4cccc4)CC3)nc2)c1-c1ccc(C(F)(F)F)cc1. The van der Waals surface area contributed by atoms with Crippen LogP contribution in [0.2, 0.25) is 0 Å². The first-order chi connectivity index (χ1) is 18.3. The highest BCUT2D eigenvalue weighted by atomic mass is 19.4. The molecule has 4 aromatic rings. The molecule has 3 heterocycles. The number of halogens is 3. The van der Waals surface area contributed by atoms with Crippen molar-refractivity contribution >= 4 is 17.4 Å². The highest BCUT2D eigenvalue weighted by Crippen LogP contribution is 2.33. The molecule has 38 heavy (non-hydrogen) atoms. The number of carbonyl (C=O) groups is 1.